The molecule has 1 aromatic carbocycles. The maximum absolute atomic E-state index is 6.09. The van der Waals surface area contributed by atoms with Gasteiger partial charge in [0.25, 0.3) is 0 Å². The molecule has 2 nitrogen and oxygen atoms in total. The number of nitrogens with zero attached hydrogens (tertiary/aromatic N) is 1. The zero-order valence-electron chi connectivity index (χ0n) is 8.37. The summed E-state index contributed by atoms with van der Waals surface area (Å²) in [5.74, 6) is 0.760. The number of rotatable bonds is 2. The number of methoxy groups -OCH3 is 1. The Balaban J connectivity index is 3.11. The fraction of sp³-hybridized carbons (Fsp3) is 0.300. The smallest absolute Gasteiger partial charge is 0.120 e. The van der Waals surface area contributed by atoms with Gasteiger partial charge in [0.2, 0.25) is 0 Å². The SMILES string of the molecule is CN=C(SC)c1ccc(OC)cc1Cl. The summed E-state index contributed by atoms with van der Waals surface area (Å²) < 4.78 is 5.07. The summed E-state index contributed by atoms with van der Waals surface area (Å²) in [6.45, 7) is 0. The molecule has 0 N–H and O–H groups in total. The van der Waals surface area contributed by atoms with Crippen LogP contribution in [-0.2, 0) is 0 Å². The van der Waals surface area contributed by atoms with Crippen LogP contribution in [0.1, 0.15) is 5.56 Å². The van der Waals surface area contributed by atoms with Crippen LogP contribution in [0.2, 0.25) is 5.02 Å². The van der Waals surface area contributed by atoms with Crippen molar-refractivity contribution in [1.29, 1.82) is 0 Å². The summed E-state index contributed by atoms with van der Waals surface area (Å²) in [6.07, 6.45) is 1.98. The maximum atomic E-state index is 6.09. The second-order valence-electron chi connectivity index (χ2n) is 2.58. The predicted molar refractivity (Wildman–Crippen MR) is 64.0 cm³/mol. The first-order valence-electron chi connectivity index (χ1n) is 4.07. The topological polar surface area (TPSA) is 21.6 Å². The standard InChI is InChI=1S/C10H12ClNOS/c1-12-10(14-3)8-5-4-7(13-2)6-9(8)11/h4-6H,1-3H3. The van der Waals surface area contributed by atoms with E-state index in [1.54, 1.807) is 32.0 Å². The van der Waals surface area contributed by atoms with Crippen molar-refractivity contribution < 1.29 is 4.74 Å². The molecule has 0 spiro atoms. The molecule has 76 valence electrons. The lowest BCUT2D eigenvalue weighted by Gasteiger charge is -2.06. The average molecular weight is 230 g/mol. The van der Waals surface area contributed by atoms with Gasteiger partial charge in [0.15, 0.2) is 0 Å². The Labute approximate surface area is 93.3 Å². The van der Waals surface area contributed by atoms with Crippen LogP contribution < -0.4 is 4.74 Å². The predicted octanol–water partition coefficient (Wildman–Crippen LogP) is 3.09. The number of aliphatic imine (C=N–C) groups is 1. The first kappa shape index (κ1) is 11.4. The molecule has 0 aromatic heterocycles. The van der Waals surface area contributed by atoms with Gasteiger partial charge in [-0.25, -0.2) is 0 Å². The Bertz CT molecular complexity index is 352. The molecule has 0 saturated heterocycles. The van der Waals surface area contributed by atoms with Gasteiger partial charge in [-0.15, -0.1) is 11.8 Å². The molecule has 14 heavy (non-hydrogen) atoms. The molecule has 0 aliphatic heterocycles. The van der Waals surface area contributed by atoms with Gasteiger partial charge in [-0.05, 0) is 24.5 Å². The Kier molecular flexibility index (Phi) is 4.29. The minimum Gasteiger partial charge on any atom is -0.497 e. The number of thioether (sulfide) groups is 1. The molecular weight excluding hydrogens is 218 g/mol. The van der Waals surface area contributed by atoms with Crippen molar-refractivity contribution in [3.63, 3.8) is 0 Å². The van der Waals surface area contributed by atoms with Crippen molar-refractivity contribution in [2.75, 3.05) is 20.4 Å². The number of halogens is 1. The molecule has 1 rings (SSSR count). The van der Waals surface area contributed by atoms with E-state index in [0.29, 0.717) is 5.02 Å². The van der Waals surface area contributed by atoms with Gasteiger partial charge >= 0.3 is 0 Å². The van der Waals surface area contributed by atoms with Crippen LogP contribution in [0, 0.1) is 0 Å². The van der Waals surface area contributed by atoms with E-state index < -0.39 is 0 Å². The molecule has 0 atom stereocenters. The van der Waals surface area contributed by atoms with Crippen LogP contribution >= 0.6 is 23.4 Å². The van der Waals surface area contributed by atoms with Crippen molar-refractivity contribution in [3.05, 3.63) is 28.8 Å². The second kappa shape index (κ2) is 5.27. The van der Waals surface area contributed by atoms with Crippen LogP contribution in [0.4, 0.5) is 0 Å². The molecule has 0 aliphatic rings. The fourth-order valence-electron chi connectivity index (χ4n) is 1.12. The lowest BCUT2D eigenvalue weighted by Crippen LogP contribution is -1.96. The molecule has 0 heterocycles. The summed E-state index contributed by atoms with van der Waals surface area (Å²) >= 11 is 7.66. The van der Waals surface area contributed by atoms with Crippen LogP contribution in [0.25, 0.3) is 0 Å². The number of hydrogen-bond donors (Lipinski definition) is 0. The van der Waals surface area contributed by atoms with Gasteiger partial charge < -0.3 is 4.74 Å². The van der Waals surface area contributed by atoms with Crippen LogP contribution in [0.5, 0.6) is 5.75 Å². The summed E-state index contributed by atoms with van der Waals surface area (Å²) in [5.41, 5.74) is 0.947. The van der Waals surface area contributed by atoms with Crippen molar-refractivity contribution in [2.24, 2.45) is 4.99 Å². The van der Waals surface area contributed by atoms with E-state index in [-0.39, 0.29) is 0 Å². The maximum Gasteiger partial charge on any atom is 0.120 e. The van der Waals surface area contributed by atoms with Gasteiger partial charge in [0, 0.05) is 12.6 Å². The first-order valence-corrected chi connectivity index (χ1v) is 5.68. The highest BCUT2D eigenvalue weighted by molar-refractivity contribution is 8.13. The van der Waals surface area contributed by atoms with Gasteiger partial charge in [-0.3, -0.25) is 4.99 Å². The largest absolute Gasteiger partial charge is 0.497 e. The van der Waals surface area contributed by atoms with Gasteiger partial charge in [-0.1, -0.05) is 11.6 Å². The Morgan fingerprint density at radius 1 is 1.50 bits per heavy atom. The fourth-order valence-corrected chi connectivity index (χ4v) is 2.01. The molecule has 0 saturated carbocycles. The molecule has 0 bridgehead atoms. The molecule has 0 aliphatic carbocycles. The van der Waals surface area contributed by atoms with Gasteiger partial charge in [0.1, 0.15) is 5.75 Å². The third-order valence-electron chi connectivity index (χ3n) is 1.80. The van der Waals surface area contributed by atoms with Crippen molar-refractivity contribution in [3.8, 4) is 5.75 Å². The van der Waals surface area contributed by atoms with E-state index in [4.69, 9.17) is 16.3 Å². The Morgan fingerprint density at radius 3 is 2.64 bits per heavy atom. The number of ether oxygens (including phenoxy) is 1. The quantitative estimate of drug-likeness (QED) is 0.574. The van der Waals surface area contributed by atoms with E-state index in [1.165, 1.54) is 0 Å². The van der Waals surface area contributed by atoms with E-state index in [2.05, 4.69) is 4.99 Å². The molecule has 0 radical (unpaired) electrons. The zero-order chi connectivity index (χ0) is 10.6. The second-order valence-corrected chi connectivity index (χ2v) is 3.78. The van der Waals surface area contributed by atoms with Gasteiger partial charge in [-0.2, -0.15) is 0 Å². The van der Waals surface area contributed by atoms with Crippen molar-refractivity contribution in [1.82, 2.24) is 0 Å². The van der Waals surface area contributed by atoms with Crippen LogP contribution in [0.15, 0.2) is 23.2 Å². The van der Waals surface area contributed by atoms with E-state index >= 15 is 0 Å². The minimum absolute atomic E-state index is 0.666. The van der Waals surface area contributed by atoms with Gasteiger partial charge in [0.05, 0.1) is 17.2 Å². The summed E-state index contributed by atoms with van der Waals surface area (Å²) in [4.78, 5) is 4.15. The van der Waals surface area contributed by atoms with Crippen molar-refractivity contribution >= 4 is 28.4 Å². The number of benzene rings is 1. The highest BCUT2D eigenvalue weighted by Gasteiger charge is 2.07. The third-order valence-corrected chi connectivity index (χ3v) is 2.90. The highest BCUT2D eigenvalue weighted by atomic mass is 35.5. The van der Waals surface area contributed by atoms with E-state index in [0.717, 1.165) is 16.4 Å². The Hall–Kier alpha value is -0.670. The van der Waals surface area contributed by atoms with Crippen LogP contribution in [-0.4, -0.2) is 25.5 Å². The summed E-state index contributed by atoms with van der Waals surface area (Å²) in [6, 6.07) is 5.58. The zero-order valence-corrected chi connectivity index (χ0v) is 9.95. The molecular formula is C10H12ClNOS. The van der Waals surface area contributed by atoms with Crippen LogP contribution in [0.3, 0.4) is 0 Å². The normalized spacial score (nSPS) is 11.6. The minimum atomic E-state index is 0.666. The van der Waals surface area contributed by atoms with E-state index in [9.17, 15) is 0 Å². The summed E-state index contributed by atoms with van der Waals surface area (Å²) in [5, 5.41) is 1.59. The third kappa shape index (κ3) is 2.42. The molecule has 0 amide bonds. The molecule has 0 fully saturated rings. The highest BCUT2D eigenvalue weighted by Crippen LogP contribution is 2.25. The van der Waals surface area contributed by atoms with E-state index in [1.807, 2.05) is 18.4 Å². The van der Waals surface area contributed by atoms with Crippen molar-refractivity contribution in [2.45, 2.75) is 0 Å². The molecule has 0 unspecified atom stereocenters. The monoisotopic (exact) mass is 229 g/mol. The average Bonchev–Trinajstić information content (AvgIpc) is 2.22. The lowest BCUT2D eigenvalue weighted by molar-refractivity contribution is 0.415. The Morgan fingerprint density at radius 2 is 2.21 bits per heavy atom. The molecule has 1 aromatic rings. The number of hydrogen-bond acceptors (Lipinski definition) is 3. The molecule has 4 heteroatoms. The lowest BCUT2D eigenvalue weighted by atomic mass is 10.2. The first-order chi connectivity index (χ1) is 6.72. The summed E-state index contributed by atoms with van der Waals surface area (Å²) in [7, 11) is 3.38.